The van der Waals surface area contributed by atoms with Crippen LogP contribution in [-0.2, 0) is 0 Å². The number of hydrogen-bond acceptors (Lipinski definition) is 4. The first kappa shape index (κ1) is 16.2. The second kappa shape index (κ2) is 8.23. The van der Waals surface area contributed by atoms with Gasteiger partial charge in [0.2, 0.25) is 0 Å². The van der Waals surface area contributed by atoms with Gasteiger partial charge in [0.05, 0.1) is 0 Å². The van der Waals surface area contributed by atoms with Crippen LogP contribution in [0.5, 0.6) is 0 Å². The predicted molar refractivity (Wildman–Crippen MR) is 94.7 cm³/mol. The molecular formula is C18H28N2OS. The number of aliphatic hydroxyl groups is 1. The molecule has 0 spiro atoms. The van der Waals surface area contributed by atoms with E-state index < -0.39 is 0 Å². The molecule has 1 aromatic carbocycles. The molecule has 0 unspecified atom stereocenters. The summed E-state index contributed by atoms with van der Waals surface area (Å²) in [6.45, 7) is 4.13. The Morgan fingerprint density at radius 2 is 1.82 bits per heavy atom. The van der Waals surface area contributed by atoms with Crippen LogP contribution in [0.1, 0.15) is 32.1 Å². The standard InChI is InChI=1S/C18H28N2OS/c21-12-1-13-22-18-6-4-16(5-7-18)19-17-8-10-20(11-9-17)14-15-2-3-15/h4-7,15,17,19,21H,1-3,8-14H2. The van der Waals surface area contributed by atoms with E-state index in [1.54, 1.807) is 0 Å². The first-order valence-electron chi connectivity index (χ1n) is 8.66. The summed E-state index contributed by atoms with van der Waals surface area (Å²) in [5, 5.41) is 12.5. The van der Waals surface area contributed by atoms with Crippen molar-refractivity contribution < 1.29 is 5.11 Å². The van der Waals surface area contributed by atoms with Crippen LogP contribution in [0, 0.1) is 5.92 Å². The number of nitrogens with one attached hydrogen (secondary N) is 1. The molecule has 2 N–H and O–H groups in total. The predicted octanol–water partition coefficient (Wildman–Crippen LogP) is 3.45. The summed E-state index contributed by atoms with van der Waals surface area (Å²) in [5.41, 5.74) is 1.24. The van der Waals surface area contributed by atoms with E-state index in [0.29, 0.717) is 6.04 Å². The molecule has 0 radical (unpaired) electrons. The Kier molecular flexibility index (Phi) is 6.04. The number of aliphatic hydroxyl groups excluding tert-OH is 1. The lowest BCUT2D eigenvalue weighted by Gasteiger charge is -2.32. The van der Waals surface area contributed by atoms with Gasteiger partial charge in [0, 0.05) is 48.6 Å². The summed E-state index contributed by atoms with van der Waals surface area (Å²) in [4.78, 5) is 3.94. The molecule has 1 aliphatic heterocycles. The van der Waals surface area contributed by atoms with Crippen molar-refractivity contribution in [3.8, 4) is 0 Å². The lowest BCUT2D eigenvalue weighted by molar-refractivity contribution is 0.211. The summed E-state index contributed by atoms with van der Waals surface area (Å²) in [6, 6.07) is 9.39. The summed E-state index contributed by atoms with van der Waals surface area (Å²) < 4.78 is 0. The van der Waals surface area contributed by atoms with Gasteiger partial charge in [0.15, 0.2) is 0 Å². The minimum atomic E-state index is 0.284. The zero-order valence-corrected chi connectivity index (χ0v) is 14.2. The van der Waals surface area contributed by atoms with Crippen LogP contribution < -0.4 is 5.32 Å². The molecule has 1 heterocycles. The summed E-state index contributed by atoms with van der Waals surface area (Å²) in [6.07, 6.45) is 6.31. The maximum Gasteiger partial charge on any atom is 0.0439 e. The molecular weight excluding hydrogens is 292 g/mol. The molecule has 3 nitrogen and oxygen atoms in total. The fourth-order valence-electron chi connectivity index (χ4n) is 3.06. The molecule has 0 amide bonds. The minimum Gasteiger partial charge on any atom is -0.396 e. The second-order valence-corrected chi connectivity index (χ2v) is 7.78. The van der Waals surface area contributed by atoms with E-state index in [1.165, 1.54) is 55.9 Å². The molecule has 1 aromatic rings. The smallest absolute Gasteiger partial charge is 0.0439 e. The lowest BCUT2D eigenvalue weighted by atomic mass is 10.0. The molecule has 1 aliphatic carbocycles. The molecule has 0 aromatic heterocycles. The molecule has 0 atom stereocenters. The van der Waals surface area contributed by atoms with Crippen LogP contribution in [0.3, 0.4) is 0 Å². The Bertz CT molecular complexity index is 439. The normalized spacial score (nSPS) is 20.2. The lowest BCUT2D eigenvalue weighted by Crippen LogP contribution is -2.39. The summed E-state index contributed by atoms with van der Waals surface area (Å²) in [5.74, 6) is 2.00. The van der Waals surface area contributed by atoms with Gasteiger partial charge in [-0.2, -0.15) is 0 Å². The highest BCUT2D eigenvalue weighted by Crippen LogP contribution is 2.31. The first-order chi connectivity index (χ1) is 10.8. The fourth-order valence-corrected chi connectivity index (χ4v) is 3.90. The van der Waals surface area contributed by atoms with Gasteiger partial charge in [0.1, 0.15) is 0 Å². The second-order valence-electron chi connectivity index (χ2n) is 6.61. The van der Waals surface area contributed by atoms with E-state index in [0.717, 1.165) is 18.1 Å². The minimum absolute atomic E-state index is 0.284. The number of thioether (sulfide) groups is 1. The van der Waals surface area contributed by atoms with Crippen molar-refractivity contribution in [1.82, 2.24) is 4.90 Å². The van der Waals surface area contributed by atoms with Gasteiger partial charge in [-0.05, 0) is 62.3 Å². The average Bonchev–Trinajstić information content (AvgIpc) is 3.35. The fraction of sp³-hybridized carbons (Fsp3) is 0.667. The van der Waals surface area contributed by atoms with Crippen molar-refractivity contribution in [3.63, 3.8) is 0 Å². The van der Waals surface area contributed by atoms with E-state index in [9.17, 15) is 0 Å². The van der Waals surface area contributed by atoms with Gasteiger partial charge in [-0.1, -0.05) is 0 Å². The molecule has 1 saturated carbocycles. The third-order valence-corrected chi connectivity index (χ3v) is 5.70. The van der Waals surface area contributed by atoms with Crippen molar-refractivity contribution in [2.24, 2.45) is 5.92 Å². The van der Waals surface area contributed by atoms with Crippen molar-refractivity contribution in [1.29, 1.82) is 0 Å². The summed E-state index contributed by atoms with van der Waals surface area (Å²) >= 11 is 1.82. The van der Waals surface area contributed by atoms with Crippen molar-refractivity contribution in [3.05, 3.63) is 24.3 Å². The maximum atomic E-state index is 8.81. The Balaban J connectivity index is 1.39. The average molecular weight is 321 g/mol. The number of hydrogen-bond donors (Lipinski definition) is 2. The van der Waals surface area contributed by atoms with Crippen molar-refractivity contribution in [2.45, 2.75) is 43.0 Å². The highest BCUT2D eigenvalue weighted by Gasteiger charge is 2.26. The van der Waals surface area contributed by atoms with E-state index in [1.807, 2.05) is 11.8 Å². The Morgan fingerprint density at radius 3 is 2.45 bits per heavy atom. The maximum absolute atomic E-state index is 8.81. The largest absolute Gasteiger partial charge is 0.396 e. The van der Waals surface area contributed by atoms with Gasteiger partial charge in [-0.15, -0.1) is 11.8 Å². The molecule has 2 aliphatic rings. The molecule has 1 saturated heterocycles. The number of piperidine rings is 1. The van der Waals surface area contributed by atoms with Crippen LogP contribution in [0.2, 0.25) is 0 Å². The van der Waals surface area contributed by atoms with Crippen LogP contribution in [0.4, 0.5) is 5.69 Å². The van der Waals surface area contributed by atoms with E-state index in [2.05, 4.69) is 34.5 Å². The molecule has 122 valence electrons. The van der Waals surface area contributed by atoms with Gasteiger partial charge < -0.3 is 15.3 Å². The van der Waals surface area contributed by atoms with Crippen molar-refractivity contribution in [2.75, 3.05) is 37.3 Å². The van der Waals surface area contributed by atoms with E-state index >= 15 is 0 Å². The highest BCUT2D eigenvalue weighted by molar-refractivity contribution is 7.99. The van der Waals surface area contributed by atoms with E-state index in [-0.39, 0.29) is 6.61 Å². The van der Waals surface area contributed by atoms with E-state index in [4.69, 9.17) is 5.11 Å². The van der Waals surface area contributed by atoms with Gasteiger partial charge in [-0.3, -0.25) is 0 Å². The molecule has 3 rings (SSSR count). The highest BCUT2D eigenvalue weighted by atomic mass is 32.2. The number of anilines is 1. The Hall–Kier alpha value is -0.710. The zero-order chi connectivity index (χ0) is 15.2. The van der Waals surface area contributed by atoms with Gasteiger partial charge in [0.25, 0.3) is 0 Å². The number of likely N-dealkylation sites (tertiary alicyclic amines) is 1. The Morgan fingerprint density at radius 1 is 1.09 bits per heavy atom. The SMILES string of the molecule is OCCCSc1ccc(NC2CCN(CC3CC3)CC2)cc1. The summed E-state index contributed by atoms with van der Waals surface area (Å²) in [7, 11) is 0. The quantitative estimate of drug-likeness (QED) is 0.568. The molecule has 4 heteroatoms. The third kappa shape index (κ3) is 5.18. The molecule has 22 heavy (non-hydrogen) atoms. The first-order valence-corrected chi connectivity index (χ1v) is 9.64. The van der Waals surface area contributed by atoms with Crippen LogP contribution >= 0.6 is 11.8 Å². The Labute approximate surface area is 138 Å². The van der Waals surface area contributed by atoms with Gasteiger partial charge in [-0.25, -0.2) is 0 Å². The van der Waals surface area contributed by atoms with Crippen LogP contribution in [0.25, 0.3) is 0 Å². The monoisotopic (exact) mass is 320 g/mol. The van der Waals surface area contributed by atoms with Crippen LogP contribution in [-0.4, -0.2) is 48.0 Å². The topological polar surface area (TPSA) is 35.5 Å². The number of benzene rings is 1. The number of rotatable bonds is 8. The molecule has 0 bridgehead atoms. The van der Waals surface area contributed by atoms with Crippen molar-refractivity contribution >= 4 is 17.4 Å². The number of nitrogens with zero attached hydrogens (tertiary/aromatic N) is 1. The molecule has 2 fully saturated rings. The zero-order valence-electron chi connectivity index (χ0n) is 13.3. The third-order valence-electron chi connectivity index (χ3n) is 4.60. The van der Waals surface area contributed by atoms with Gasteiger partial charge >= 0.3 is 0 Å². The van der Waals surface area contributed by atoms with Crippen LogP contribution in [0.15, 0.2) is 29.2 Å².